The van der Waals surface area contributed by atoms with E-state index in [2.05, 4.69) is 0 Å². The molecule has 2 aliphatic heterocycles. The largest absolute Gasteiger partial charge is 0.229 e. The SMILES string of the molecule is O=S1(=O)CCCCC1C1CCSCC1. The van der Waals surface area contributed by atoms with Crippen LogP contribution >= 0.6 is 11.8 Å². The van der Waals surface area contributed by atoms with Crippen molar-refractivity contribution in [2.45, 2.75) is 37.4 Å². The molecule has 0 aromatic rings. The quantitative estimate of drug-likeness (QED) is 0.697. The van der Waals surface area contributed by atoms with E-state index in [-0.39, 0.29) is 5.25 Å². The van der Waals surface area contributed by atoms with Gasteiger partial charge < -0.3 is 0 Å². The molecular weight excluding hydrogens is 216 g/mol. The Labute approximate surface area is 90.8 Å². The summed E-state index contributed by atoms with van der Waals surface area (Å²) >= 11 is 1.97. The third-order valence-corrected chi connectivity index (χ3v) is 6.87. The lowest BCUT2D eigenvalue weighted by Crippen LogP contribution is -2.36. The Morgan fingerprint density at radius 1 is 1.00 bits per heavy atom. The molecule has 0 aromatic heterocycles. The number of sulfone groups is 1. The van der Waals surface area contributed by atoms with Crippen LogP contribution in [0.4, 0.5) is 0 Å². The van der Waals surface area contributed by atoms with E-state index in [1.54, 1.807) is 0 Å². The van der Waals surface area contributed by atoms with Gasteiger partial charge in [0.25, 0.3) is 0 Å². The molecule has 0 amide bonds. The molecule has 0 N–H and O–H groups in total. The molecule has 2 rings (SSSR count). The van der Waals surface area contributed by atoms with E-state index >= 15 is 0 Å². The van der Waals surface area contributed by atoms with E-state index in [4.69, 9.17) is 0 Å². The summed E-state index contributed by atoms with van der Waals surface area (Å²) in [5.74, 6) is 3.25. The first kappa shape index (κ1) is 10.8. The normalized spacial score (nSPS) is 34.1. The molecule has 0 radical (unpaired) electrons. The maximum Gasteiger partial charge on any atom is 0.153 e. The van der Waals surface area contributed by atoms with Crippen LogP contribution in [0.25, 0.3) is 0 Å². The van der Waals surface area contributed by atoms with Crippen molar-refractivity contribution in [3.63, 3.8) is 0 Å². The van der Waals surface area contributed by atoms with E-state index in [0.717, 1.165) is 43.6 Å². The van der Waals surface area contributed by atoms with Crippen LogP contribution in [-0.2, 0) is 9.84 Å². The van der Waals surface area contributed by atoms with Crippen molar-refractivity contribution >= 4 is 21.6 Å². The lowest BCUT2D eigenvalue weighted by atomic mass is 9.95. The predicted octanol–water partition coefficient (Wildman–Crippen LogP) is 2.10. The molecule has 2 heterocycles. The maximum absolute atomic E-state index is 11.9. The number of hydrogen-bond donors (Lipinski definition) is 0. The molecule has 4 heteroatoms. The molecule has 2 nitrogen and oxygen atoms in total. The second-order valence-corrected chi connectivity index (χ2v) is 7.92. The molecule has 2 aliphatic rings. The Bertz CT molecular complexity index is 278. The highest BCUT2D eigenvalue weighted by molar-refractivity contribution is 7.99. The number of rotatable bonds is 1. The second-order valence-electron chi connectivity index (χ2n) is 4.35. The van der Waals surface area contributed by atoms with Crippen molar-refractivity contribution in [3.05, 3.63) is 0 Å². The summed E-state index contributed by atoms with van der Waals surface area (Å²) in [6, 6.07) is 0. The van der Waals surface area contributed by atoms with Gasteiger partial charge in [-0.2, -0.15) is 11.8 Å². The number of thioether (sulfide) groups is 1. The summed E-state index contributed by atoms with van der Waals surface area (Å²) in [5.41, 5.74) is 0. The Kier molecular flexibility index (Phi) is 3.42. The monoisotopic (exact) mass is 234 g/mol. The molecule has 2 fully saturated rings. The molecule has 2 saturated heterocycles. The van der Waals surface area contributed by atoms with Crippen molar-refractivity contribution in [3.8, 4) is 0 Å². The van der Waals surface area contributed by atoms with E-state index in [0.29, 0.717) is 11.7 Å². The van der Waals surface area contributed by atoms with Crippen LogP contribution in [0.2, 0.25) is 0 Å². The minimum atomic E-state index is -2.73. The van der Waals surface area contributed by atoms with Crippen LogP contribution in [0.15, 0.2) is 0 Å². The van der Waals surface area contributed by atoms with E-state index < -0.39 is 9.84 Å². The molecule has 0 bridgehead atoms. The van der Waals surface area contributed by atoms with Gasteiger partial charge >= 0.3 is 0 Å². The third kappa shape index (κ3) is 2.27. The van der Waals surface area contributed by atoms with E-state index in [1.807, 2.05) is 11.8 Å². The first-order valence-electron chi connectivity index (χ1n) is 5.49. The van der Waals surface area contributed by atoms with Crippen LogP contribution in [0, 0.1) is 5.92 Å². The summed E-state index contributed by atoms with van der Waals surface area (Å²) in [7, 11) is -2.73. The molecule has 0 saturated carbocycles. The Morgan fingerprint density at radius 3 is 2.36 bits per heavy atom. The van der Waals surface area contributed by atoms with Crippen molar-refractivity contribution in [1.29, 1.82) is 0 Å². The zero-order valence-corrected chi connectivity index (χ0v) is 10.1. The molecule has 1 unspecified atom stereocenters. The van der Waals surface area contributed by atoms with Gasteiger partial charge in [0.05, 0.1) is 11.0 Å². The van der Waals surface area contributed by atoms with E-state index in [9.17, 15) is 8.42 Å². The Hall–Kier alpha value is 0.300. The zero-order valence-electron chi connectivity index (χ0n) is 8.44. The average molecular weight is 234 g/mol. The van der Waals surface area contributed by atoms with Crippen LogP contribution in [0.5, 0.6) is 0 Å². The van der Waals surface area contributed by atoms with Gasteiger partial charge in [-0.05, 0) is 43.1 Å². The molecular formula is C10H18O2S2. The van der Waals surface area contributed by atoms with Crippen molar-refractivity contribution in [2.24, 2.45) is 5.92 Å². The Balaban J connectivity index is 2.07. The fraction of sp³-hybridized carbons (Fsp3) is 1.00. The van der Waals surface area contributed by atoms with Crippen LogP contribution < -0.4 is 0 Å². The van der Waals surface area contributed by atoms with Gasteiger partial charge in [0.1, 0.15) is 0 Å². The van der Waals surface area contributed by atoms with Gasteiger partial charge in [-0.1, -0.05) is 6.42 Å². The summed E-state index contributed by atoms with van der Waals surface area (Å²) in [6.45, 7) is 0. The fourth-order valence-electron chi connectivity index (χ4n) is 2.60. The highest BCUT2D eigenvalue weighted by atomic mass is 32.2. The standard InChI is InChI=1S/C10H18O2S2/c11-14(12)8-2-1-3-10(14)9-4-6-13-7-5-9/h9-10H,1-8H2. The first-order chi connectivity index (χ1) is 6.70. The van der Waals surface area contributed by atoms with Gasteiger partial charge in [0.2, 0.25) is 0 Å². The molecule has 1 atom stereocenters. The lowest BCUT2D eigenvalue weighted by molar-refractivity contribution is 0.410. The fourth-order valence-corrected chi connectivity index (χ4v) is 6.03. The van der Waals surface area contributed by atoms with Crippen molar-refractivity contribution in [2.75, 3.05) is 17.3 Å². The summed E-state index contributed by atoms with van der Waals surface area (Å²) in [4.78, 5) is 0. The molecule has 14 heavy (non-hydrogen) atoms. The van der Waals surface area contributed by atoms with Crippen molar-refractivity contribution in [1.82, 2.24) is 0 Å². The second kappa shape index (κ2) is 4.44. The topological polar surface area (TPSA) is 34.1 Å². The van der Waals surface area contributed by atoms with Gasteiger partial charge in [0.15, 0.2) is 9.84 Å². The maximum atomic E-state index is 11.9. The molecule has 0 aliphatic carbocycles. The predicted molar refractivity (Wildman–Crippen MR) is 61.5 cm³/mol. The molecule has 0 aromatic carbocycles. The van der Waals surface area contributed by atoms with Gasteiger partial charge in [-0.15, -0.1) is 0 Å². The van der Waals surface area contributed by atoms with Gasteiger partial charge in [-0.3, -0.25) is 0 Å². The highest BCUT2D eigenvalue weighted by Crippen LogP contribution is 2.34. The smallest absolute Gasteiger partial charge is 0.153 e. The summed E-state index contributed by atoms with van der Waals surface area (Å²) in [5, 5.41) is 0.0112. The van der Waals surface area contributed by atoms with Gasteiger partial charge in [-0.25, -0.2) is 8.42 Å². The average Bonchev–Trinajstić information content (AvgIpc) is 2.18. The Morgan fingerprint density at radius 2 is 1.71 bits per heavy atom. The zero-order chi connectivity index (χ0) is 10.0. The third-order valence-electron chi connectivity index (χ3n) is 3.42. The van der Waals surface area contributed by atoms with E-state index in [1.165, 1.54) is 0 Å². The summed E-state index contributed by atoms with van der Waals surface area (Å²) < 4.78 is 23.7. The molecule has 82 valence electrons. The minimum absolute atomic E-state index is 0.0112. The van der Waals surface area contributed by atoms with Crippen LogP contribution in [0.1, 0.15) is 32.1 Å². The van der Waals surface area contributed by atoms with Crippen LogP contribution in [0.3, 0.4) is 0 Å². The van der Waals surface area contributed by atoms with Gasteiger partial charge in [0, 0.05) is 0 Å². The summed E-state index contributed by atoms with van der Waals surface area (Å²) in [6.07, 6.45) is 5.18. The minimum Gasteiger partial charge on any atom is -0.229 e. The first-order valence-corrected chi connectivity index (χ1v) is 8.36. The lowest BCUT2D eigenvalue weighted by Gasteiger charge is -2.32. The molecule has 0 spiro atoms. The van der Waals surface area contributed by atoms with Crippen molar-refractivity contribution < 1.29 is 8.42 Å². The highest BCUT2D eigenvalue weighted by Gasteiger charge is 2.35. The van der Waals surface area contributed by atoms with Crippen LogP contribution in [-0.4, -0.2) is 30.9 Å². The number of hydrogen-bond acceptors (Lipinski definition) is 3.